The molecule has 2 aromatic carbocycles. The van der Waals surface area contributed by atoms with Gasteiger partial charge >= 0.3 is 0 Å². The summed E-state index contributed by atoms with van der Waals surface area (Å²) in [5.74, 6) is 0. The van der Waals surface area contributed by atoms with Gasteiger partial charge in [0.25, 0.3) is 0 Å². The normalized spacial score (nSPS) is 17.5. The predicted molar refractivity (Wildman–Crippen MR) is 115 cm³/mol. The Balaban J connectivity index is 1.24. The quantitative estimate of drug-likeness (QED) is 0.500. The van der Waals surface area contributed by atoms with Gasteiger partial charge in [-0.05, 0) is 43.5 Å². The van der Waals surface area contributed by atoms with Crippen LogP contribution in [0.1, 0.15) is 31.4 Å². The highest BCUT2D eigenvalue weighted by atomic mass is 32.1. The second-order valence-corrected chi connectivity index (χ2v) is 8.44. The molecule has 1 unspecified atom stereocenters. The number of aromatic amines is 1. The standard InChI is InChI=1S/C22H24N4S/c1-15(18-14-23-19-7-3-2-6-17(18)19)26-12-10-16(11-13-26)24-22-25-20-8-4-5-9-21(20)27-22/h2-9,14-16,23H,10-13H2,1H3,(H,24,25). The first kappa shape index (κ1) is 16.8. The lowest BCUT2D eigenvalue weighted by molar-refractivity contribution is 0.168. The lowest BCUT2D eigenvalue weighted by Gasteiger charge is -2.36. The largest absolute Gasteiger partial charge is 0.361 e. The van der Waals surface area contributed by atoms with Crippen molar-refractivity contribution < 1.29 is 0 Å². The van der Waals surface area contributed by atoms with Gasteiger partial charge < -0.3 is 10.3 Å². The minimum atomic E-state index is 0.435. The molecule has 27 heavy (non-hydrogen) atoms. The zero-order valence-electron chi connectivity index (χ0n) is 15.5. The van der Waals surface area contributed by atoms with E-state index in [9.17, 15) is 0 Å². The first-order valence-electron chi connectivity index (χ1n) is 9.70. The fraction of sp³-hybridized carbons (Fsp3) is 0.318. The van der Waals surface area contributed by atoms with Crippen LogP contribution in [0.3, 0.4) is 0 Å². The second kappa shape index (κ2) is 6.98. The minimum absolute atomic E-state index is 0.435. The Bertz CT molecular complexity index is 1030. The smallest absolute Gasteiger partial charge is 0.184 e. The van der Waals surface area contributed by atoms with Gasteiger partial charge in [-0.3, -0.25) is 4.90 Å². The van der Waals surface area contributed by atoms with E-state index >= 15 is 0 Å². The Kier molecular flexibility index (Phi) is 4.34. The van der Waals surface area contributed by atoms with Crippen molar-refractivity contribution in [2.75, 3.05) is 18.4 Å². The maximum absolute atomic E-state index is 4.73. The summed E-state index contributed by atoms with van der Waals surface area (Å²) in [5, 5.41) is 6.07. The zero-order chi connectivity index (χ0) is 18.2. The summed E-state index contributed by atoms with van der Waals surface area (Å²) in [7, 11) is 0. The maximum atomic E-state index is 4.73. The summed E-state index contributed by atoms with van der Waals surface area (Å²) in [4.78, 5) is 10.7. The Morgan fingerprint density at radius 1 is 1.11 bits per heavy atom. The maximum Gasteiger partial charge on any atom is 0.184 e. The molecule has 5 rings (SSSR count). The van der Waals surface area contributed by atoms with Crippen LogP contribution >= 0.6 is 11.3 Å². The molecule has 3 heterocycles. The summed E-state index contributed by atoms with van der Waals surface area (Å²) < 4.78 is 1.25. The van der Waals surface area contributed by atoms with Crippen LogP contribution < -0.4 is 5.32 Å². The molecule has 2 aromatic heterocycles. The van der Waals surface area contributed by atoms with E-state index < -0.39 is 0 Å². The minimum Gasteiger partial charge on any atom is -0.361 e. The Labute approximate surface area is 163 Å². The summed E-state index contributed by atoms with van der Waals surface area (Å²) in [6.45, 7) is 4.56. The molecule has 4 aromatic rings. The van der Waals surface area contributed by atoms with E-state index in [1.165, 1.54) is 21.2 Å². The number of piperidine rings is 1. The highest BCUT2D eigenvalue weighted by Gasteiger charge is 2.25. The molecule has 1 aliphatic heterocycles. The molecular formula is C22H24N4S. The van der Waals surface area contributed by atoms with Crippen molar-refractivity contribution in [2.24, 2.45) is 0 Å². The van der Waals surface area contributed by atoms with Gasteiger partial charge in [0.15, 0.2) is 5.13 Å². The number of fused-ring (bicyclic) bond motifs is 2. The third-order valence-electron chi connectivity index (χ3n) is 5.77. The van der Waals surface area contributed by atoms with Crippen LogP contribution in [0, 0.1) is 0 Å². The average Bonchev–Trinajstić information content (AvgIpc) is 3.31. The molecule has 1 atom stereocenters. The second-order valence-electron chi connectivity index (χ2n) is 7.41. The molecule has 0 aliphatic carbocycles. The number of anilines is 1. The van der Waals surface area contributed by atoms with E-state index in [1.807, 2.05) is 0 Å². The predicted octanol–water partition coefficient (Wildman–Crippen LogP) is 5.42. The first-order valence-corrected chi connectivity index (χ1v) is 10.5. The molecule has 0 spiro atoms. The van der Waals surface area contributed by atoms with Gasteiger partial charge in [-0.25, -0.2) is 4.98 Å². The third kappa shape index (κ3) is 3.22. The molecular weight excluding hydrogens is 352 g/mol. The van der Waals surface area contributed by atoms with E-state index in [1.54, 1.807) is 11.3 Å². The van der Waals surface area contributed by atoms with Crippen molar-refractivity contribution in [3.63, 3.8) is 0 Å². The molecule has 0 radical (unpaired) electrons. The molecule has 4 nitrogen and oxygen atoms in total. The molecule has 0 saturated carbocycles. The topological polar surface area (TPSA) is 44.0 Å². The van der Waals surface area contributed by atoms with E-state index in [2.05, 4.69) is 76.9 Å². The number of nitrogens with one attached hydrogen (secondary N) is 2. The summed E-state index contributed by atoms with van der Waals surface area (Å²) in [6, 6.07) is 17.9. The number of hydrogen-bond donors (Lipinski definition) is 2. The number of likely N-dealkylation sites (tertiary alicyclic amines) is 1. The number of para-hydroxylation sites is 2. The summed E-state index contributed by atoms with van der Waals surface area (Å²) >= 11 is 1.76. The highest BCUT2D eigenvalue weighted by Crippen LogP contribution is 2.31. The van der Waals surface area contributed by atoms with Crippen LogP contribution in [0.5, 0.6) is 0 Å². The van der Waals surface area contributed by atoms with Crippen LogP contribution in [-0.4, -0.2) is 34.0 Å². The number of thiazole rings is 1. The molecule has 0 bridgehead atoms. The van der Waals surface area contributed by atoms with Gasteiger partial charge in [0.1, 0.15) is 0 Å². The first-order chi connectivity index (χ1) is 13.3. The van der Waals surface area contributed by atoms with Crippen molar-refractivity contribution in [2.45, 2.75) is 31.8 Å². The number of rotatable bonds is 4. The fourth-order valence-electron chi connectivity index (χ4n) is 4.18. The number of H-pyrrole nitrogens is 1. The van der Waals surface area contributed by atoms with Crippen molar-refractivity contribution in [1.82, 2.24) is 14.9 Å². The average molecular weight is 377 g/mol. The van der Waals surface area contributed by atoms with Crippen molar-refractivity contribution in [3.05, 3.63) is 60.3 Å². The van der Waals surface area contributed by atoms with E-state index in [-0.39, 0.29) is 0 Å². The number of hydrogen-bond acceptors (Lipinski definition) is 4. The monoisotopic (exact) mass is 376 g/mol. The summed E-state index contributed by atoms with van der Waals surface area (Å²) in [5.41, 5.74) is 3.73. The van der Waals surface area contributed by atoms with Crippen molar-refractivity contribution >= 4 is 37.6 Å². The van der Waals surface area contributed by atoms with E-state index in [0.717, 1.165) is 36.6 Å². The van der Waals surface area contributed by atoms with Crippen LogP contribution in [0.4, 0.5) is 5.13 Å². The van der Waals surface area contributed by atoms with Gasteiger partial charge in [-0.2, -0.15) is 0 Å². The molecule has 5 heteroatoms. The van der Waals surface area contributed by atoms with Crippen molar-refractivity contribution in [3.8, 4) is 0 Å². The van der Waals surface area contributed by atoms with Crippen molar-refractivity contribution in [1.29, 1.82) is 0 Å². The van der Waals surface area contributed by atoms with E-state index in [0.29, 0.717) is 12.1 Å². The molecule has 2 N–H and O–H groups in total. The fourth-order valence-corrected chi connectivity index (χ4v) is 5.12. The lowest BCUT2D eigenvalue weighted by atomic mass is 10.00. The third-order valence-corrected chi connectivity index (χ3v) is 6.74. The van der Waals surface area contributed by atoms with Gasteiger partial charge in [0.2, 0.25) is 0 Å². The molecule has 1 aliphatic rings. The number of benzene rings is 2. The highest BCUT2D eigenvalue weighted by molar-refractivity contribution is 7.22. The van der Waals surface area contributed by atoms with Gasteiger partial charge in [-0.15, -0.1) is 0 Å². The zero-order valence-corrected chi connectivity index (χ0v) is 16.3. The number of aromatic nitrogens is 2. The Hall–Kier alpha value is -2.37. The van der Waals surface area contributed by atoms with Crippen LogP contribution in [0.2, 0.25) is 0 Å². The molecule has 1 saturated heterocycles. The van der Waals surface area contributed by atoms with E-state index in [4.69, 9.17) is 4.98 Å². The Morgan fingerprint density at radius 2 is 1.89 bits per heavy atom. The van der Waals surface area contributed by atoms with Crippen LogP contribution in [0.25, 0.3) is 21.1 Å². The lowest BCUT2D eigenvalue weighted by Crippen LogP contribution is -2.40. The Morgan fingerprint density at radius 3 is 2.74 bits per heavy atom. The SMILES string of the molecule is CC(c1c[nH]c2ccccc12)N1CCC(Nc2nc3ccccc3s2)CC1. The number of nitrogens with zero attached hydrogens (tertiary/aromatic N) is 2. The van der Waals surface area contributed by atoms with Gasteiger partial charge in [0, 0.05) is 42.3 Å². The van der Waals surface area contributed by atoms with Gasteiger partial charge in [0.05, 0.1) is 10.2 Å². The molecule has 0 amide bonds. The van der Waals surface area contributed by atoms with Crippen LogP contribution in [-0.2, 0) is 0 Å². The summed E-state index contributed by atoms with van der Waals surface area (Å²) in [6.07, 6.45) is 4.49. The molecule has 1 fully saturated rings. The van der Waals surface area contributed by atoms with Gasteiger partial charge in [-0.1, -0.05) is 41.7 Å². The molecule has 138 valence electrons. The van der Waals surface area contributed by atoms with Crippen LogP contribution in [0.15, 0.2) is 54.7 Å².